The zero-order valence-corrected chi connectivity index (χ0v) is 39.2. The van der Waals surface area contributed by atoms with Crippen molar-refractivity contribution in [3.8, 4) is 17.6 Å². The van der Waals surface area contributed by atoms with Gasteiger partial charge < -0.3 is 30.5 Å². The fraction of sp³-hybridized carbons (Fsp3) is 0.404. The SMILES string of the molecule is COc1cc(C(=O)N2CCC3(C[C@@H]3C#Cc3cccc4c3CN([C@@H]3CCC(=O)NC3=O)C4=O)C2)ccc1NC(=O)[C@@H]1N[C@@H](CC(C)(C)C)[C@@]2(CNc3cc(Cl)ccc32)[C@H]1c1cccc(Cl)c1F. The molecule has 3 saturated heterocycles. The number of piperidine rings is 1. The van der Waals surface area contributed by atoms with Crippen molar-refractivity contribution >= 4 is 64.1 Å². The van der Waals surface area contributed by atoms with Gasteiger partial charge in [-0.2, -0.15) is 0 Å². The molecule has 1 saturated carbocycles. The quantitative estimate of drug-likeness (QED) is 0.109. The summed E-state index contributed by atoms with van der Waals surface area (Å²) in [7, 11) is 1.49. The molecule has 0 bridgehead atoms. The zero-order chi connectivity index (χ0) is 47.2. The Morgan fingerprint density at radius 3 is 2.61 bits per heavy atom. The summed E-state index contributed by atoms with van der Waals surface area (Å²) in [5.41, 5.74) is 3.88. The molecule has 4 aromatic rings. The average Bonchev–Trinajstić information content (AvgIpc) is 3.65. The van der Waals surface area contributed by atoms with Crippen molar-refractivity contribution in [3.63, 3.8) is 0 Å². The first-order valence-corrected chi connectivity index (χ1v) is 23.6. The topological polar surface area (TPSA) is 149 Å². The van der Waals surface area contributed by atoms with E-state index in [4.69, 9.17) is 27.9 Å². The predicted octanol–water partition coefficient (Wildman–Crippen LogP) is 7.67. The third-order valence-electron chi connectivity index (χ3n) is 14.9. The van der Waals surface area contributed by atoms with E-state index in [0.29, 0.717) is 59.2 Å². The third-order valence-corrected chi connectivity index (χ3v) is 15.4. The number of fused-ring (bicyclic) bond motifs is 3. The van der Waals surface area contributed by atoms with E-state index in [2.05, 4.69) is 53.9 Å². The number of benzene rings is 4. The number of hydrogen-bond donors (Lipinski definition) is 4. The second-order valence-electron chi connectivity index (χ2n) is 20.2. The number of likely N-dealkylation sites (tertiary alicyclic amines) is 1. The number of nitrogens with one attached hydrogen (secondary N) is 4. The Morgan fingerprint density at radius 2 is 1.84 bits per heavy atom. The zero-order valence-electron chi connectivity index (χ0n) is 37.7. The lowest BCUT2D eigenvalue weighted by molar-refractivity contribution is -0.137. The Hall–Kier alpha value is -5.94. The summed E-state index contributed by atoms with van der Waals surface area (Å²) in [6, 6.07) is 19.2. The molecule has 0 radical (unpaired) electrons. The third kappa shape index (κ3) is 7.80. The van der Waals surface area contributed by atoms with Crippen LogP contribution in [0.3, 0.4) is 0 Å². The van der Waals surface area contributed by atoms with Crippen LogP contribution >= 0.6 is 23.2 Å². The highest BCUT2D eigenvalue weighted by atomic mass is 35.5. The minimum Gasteiger partial charge on any atom is -0.495 e. The minimum absolute atomic E-state index is 0.0280. The fourth-order valence-electron chi connectivity index (χ4n) is 11.5. The molecular weight excluding hydrogens is 895 g/mol. The number of hydrogen-bond acceptors (Lipinski definition) is 8. The predicted molar refractivity (Wildman–Crippen MR) is 253 cm³/mol. The van der Waals surface area contributed by atoms with Crippen LogP contribution in [-0.4, -0.2) is 84.2 Å². The van der Waals surface area contributed by atoms with Crippen molar-refractivity contribution in [1.82, 2.24) is 20.4 Å². The Morgan fingerprint density at radius 1 is 1.03 bits per heavy atom. The van der Waals surface area contributed by atoms with Crippen molar-refractivity contribution in [1.29, 1.82) is 0 Å². The molecule has 4 aromatic carbocycles. The van der Waals surface area contributed by atoms with E-state index in [-0.39, 0.29) is 70.8 Å². The molecule has 4 fully saturated rings. The summed E-state index contributed by atoms with van der Waals surface area (Å²) in [5, 5.41) is 13.2. The van der Waals surface area contributed by atoms with E-state index in [9.17, 15) is 24.0 Å². The van der Waals surface area contributed by atoms with Crippen LogP contribution in [0.15, 0.2) is 72.8 Å². The van der Waals surface area contributed by atoms with Gasteiger partial charge in [-0.05, 0) is 96.3 Å². The summed E-state index contributed by atoms with van der Waals surface area (Å²) in [6.45, 7) is 8.22. The fourth-order valence-corrected chi connectivity index (χ4v) is 11.9. The number of halogens is 3. The molecule has 1 aliphatic carbocycles. The molecule has 2 spiro atoms. The number of carbonyl (C=O) groups is 5. The average molecular weight is 946 g/mol. The monoisotopic (exact) mass is 944 g/mol. The molecule has 5 heterocycles. The number of imide groups is 1. The molecule has 1 unspecified atom stereocenters. The van der Waals surface area contributed by atoms with Crippen molar-refractivity contribution in [2.45, 2.75) is 88.9 Å². The Balaban J connectivity index is 0.854. The number of methoxy groups -OCH3 is 1. The number of rotatable bonds is 7. The highest BCUT2D eigenvalue weighted by Gasteiger charge is 2.62. The summed E-state index contributed by atoms with van der Waals surface area (Å²) in [4.78, 5) is 69.9. The number of anilines is 2. The number of amides is 5. The largest absolute Gasteiger partial charge is 0.495 e. The summed E-state index contributed by atoms with van der Waals surface area (Å²) in [6.07, 6.45) is 2.79. The molecule has 12 nitrogen and oxygen atoms in total. The molecule has 6 aliphatic rings. The standard InChI is InChI=1S/C52H51Cl2FN6O6/c1-50(2,3)24-41-52(26-56-38-22-31(53)14-15-35(38)52)43(33-9-6-10-36(54)44(33)55)45(58-41)47(64)57-37-16-12-29(21-40(37)67-4)48(65)60-20-19-51(27-60)23-30(51)13-11-28-7-5-8-32-34(28)25-61(49(32)66)39-17-18-42(62)59-46(39)63/h5-10,12,14-16,21-22,30,39,41,43,45,56,58H,17-20,23-27H2,1-4H3,(H,57,64)(H,59,62,63)/t30-,39+,41-,43-,45+,51?,52-/m0/s1. The van der Waals surface area contributed by atoms with Crippen LogP contribution in [0.5, 0.6) is 5.75 Å². The minimum atomic E-state index is -0.900. The van der Waals surface area contributed by atoms with E-state index in [1.54, 1.807) is 42.5 Å². The molecule has 0 aromatic heterocycles. The van der Waals surface area contributed by atoms with E-state index in [1.165, 1.54) is 18.1 Å². The van der Waals surface area contributed by atoms with Gasteiger partial charge in [-0.25, -0.2) is 4.39 Å². The van der Waals surface area contributed by atoms with Crippen LogP contribution in [0.25, 0.3) is 0 Å². The first-order chi connectivity index (χ1) is 32.0. The molecule has 10 rings (SSSR count). The highest BCUT2D eigenvalue weighted by Crippen LogP contribution is 2.59. The van der Waals surface area contributed by atoms with E-state index >= 15 is 4.39 Å². The normalized spacial score (nSPS) is 27.1. The highest BCUT2D eigenvalue weighted by molar-refractivity contribution is 6.31. The Bertz CT molecular complexity index is 2860. The van der Waals surface area contributed by atoms with Gasteiger partial charge in [0.15, 0.2) is 0 Å². The second kappa shape index (κ2) is 16.7. The van der Waals surface area contributed by atoms with E-state index < -0.39 is 35.1 Å². The maximum atomic E-state index is 16.3. The first-order valence-electron chi connectivity index (χ1n) is 22.8. The van der Waals surface area contributed by atoms with Crippen molar-refractivity contribution < 1.29 is 33.1 Å². The van der Waals surface area contributed by atoms with Crippen molar-refractivity contribution in [2.24, 2.45) is 16.7 Å². The van der Waals surface area contributed by atoms with Crippen LogP contribution < -0.4 is 26.0 Å². The maximum Gasteiger partial charge on any atom is 0.255 e. The summed E-state index contributed by atoms with van der Waals surface area (Å²) in [5.74, 6) is 4.31. The molecule has 67 heavy (non-hydrogen) atoms. The van der Waals surface area contributed by atoms with Gasteiger partial charge in [0.25, 0.3) is 11.8 Å². The van der Waals surface area contributed by atoms with E-state index in [0.717, 1.165) is 35.2 Å². The summed E-state index contributed by atoms with van der Waals surface area (Å²) < 4.78 is 22.1. The molecule has 15 heteroatoms. The van der Waals surface area contributed by atoms with Crippen LogP contribution in [-0.2, 0) is 26.3 Å². The smallest absolute Gasteiger partial charge is 0.255 e. The second-order valence-corrected chi connectivity index (χ2v) is 21.0. The van der Waals surface area contributed by atoms with Crippen LogP contribution in [0, 0.1) is 34.4 Å². The van der Waals surface area contributed by atoms with Gasteiger partial charge >= 0.3 is 0 Å². The number of ether oxygens (including phenoxy) is 1. The molecule has 5 amide bonds. The van der Waals surface area contributed by atoms with Gasteiger partial charge in [-0.3, -0.25) is 29.3 Å². The lowest BCUT2D eigenvalue weighted by Crippen LogP contribution is -2.52. The molecule has 5 aliphatic heterocycles. The molecule has 346 valence electrons. The molecular formula is C52H51Cl2FN6O6. The van der Waals surface area contributed by atoms with E-state index in [1.807, 2.05) is 29.2 Å². The maximum absolute atomic E-state index is 16.3. The van der Waals surface area contributed by atoms with Crippen LogP contribution in [0.2, 0.25) is 10.0 Å². The van der Waals surface area contributed by atoms with Crippen molar-refractivity contribution in [3.05, 3.63) is 122 Å². The van der Waals surface area contributed by atoms with Gasteiger partial charge in [0.2, 0.25) is 17.7 Å². The first kappa shape index (κ1) is 44.9. The van der Waals surface area contributed by atoms with Gasteiger partial charge in [0.05, 0.1) is 23.9 Å². The Labute approximate surface area is 398 Å². The molecule has 4 N–H and O–H groups in total. The summed E-state index contributed by atoms with van der Waals surface area (Å²) >= 11 is 12.9. The Kier molecular flexibility index (Phi) is 11.2. The molecule has 7 atom stereocenters. The number of nitrogens with zero attached hydrogens (tertiary/aromatic N) is 2. The van der Waals surface area contributed by atoms with Crippen LogP contribution in [0.4, 0.5) is 15.8 Å². The lowest BCUT2D eigenvalue weighted by Gasteiger charge is -2.39. The van der Waals surface area contributed by atoms with Gasteiger partial charge in [-0.15, -0.1) is 0 Å². The lowest BCUT2D eigenvalue weighted by atomic mass is 9.63. The van der Waals surface area contributed by atoms with Gasteiger partial charge in [0.1, 0.15) is 17.6 Å². The van der Waals surface area contributed by atoms with Gasteiger partial charge in [0, 0.05) is 88.7 Å². The number of carbonyl (C=O) groups excluding carboxylic acids is 5. The van der Waals surface area contributed by atoms with Crippen LogP contribution in [0.1, 0.15) is 102 Å². The van der Waals surface area contributed by atoms with Crippen molar-refractivity contribution in [2.75, 3.05) is 37.4 Å². The van der Waals surface area contributed by atoms with Gasteiger partial charge in [-0.1, -0.05) is 80.1 Å².